The van der Waals surface area contributed by atoms with Gasteiger partial charge >= 0.3 is 0 Å². The molecule has 1 heterocycles. The molecule has 82 valence electrons. The highest BCUT2D eigenvalue weighted by molar-refractivity contribution is 5.45. The zero-order valence-electron chi connectivity index (χ0n) is 8.94. The van der Waals surface area contributed by atoms with E-state index in [4.69, 9.17) is 4.74 Å². The molecule has 0 aliphatic carbocycles. The maximum absolute atomic E-state index is 13.8. The molecule has 0 radical (unpaired) electrons. The third-order valence-electron chi connectivity index (χ3n) is 2.90. The van der Waals surface area contributed by atoms with Crippen molar-refractivity contribution in [3.63, 3.8) is 0 Å². The summed E-state index contributed by atoms with van der Waals surface area (Å²) in [6, 6.07) is 1.83. The molecule has 0 aromatic heterocycles. The number of hydrogen-bond donors (Lipinski definition) is 0. The predicted octanol–water partition coefficient (Wildman–Crippen LogP) is 3.32. The van der Waals surface area contributed by atoms with E-state index in [0.29, 0.717) is 5.56 Å². The van der Waals surface area contributed by atoms with Gasteiger partial charge in [0.05, 0.1) is 6.10 Å². The first-order chi connectivity index (χ1) is 7.13. The first-order valence-corrected chi connectivity index (χ1v) is 5.17. The van der Waals surface area contributed by atoms with Gasteiger partial charge in [-0.05, 0) is 37.8 Å². The minimum absolute atomic E-state index is 0.0159. The fourth-order valence-electron chi connectivity index (χ4n) is 1.96. The van der Waals surface area contributed by atoms with Crippen LogP contribution in [-0.4, -0.2) is 6.10 Å². The van der Waals surface area contributed by atoms with Gasteiger partial charge in [0.15, 0.2) is 11.6 Å². The molecule has 2 rings (SSSR count). The van der Waals surface area contributed by atoms with E-state index < -0.39 is 12.5 Å². The van der Waals surface area contributed by atoms with Crippen LogP contribution in [0.15, 0.2) is 6.07 Å². The minimum atomic E-state index is -0.775. The quantitative estimate of drug-likeness (QED) is 0.693. The van der Waals surface area contributed by atoms with Crippen molar-refractivity contribution in [1.29, 1.82) is 0 Å². The largest absolute Gasteiger partial charge is 0.487 e. The second-order valence-corrected chi connectivity index (χ2v) is 4.08. The summed E-state index contributed by atoms with van der Waals surface area (Å²) >= 11 is 0. The number of hydrogen-bond acceptors (Lipinski definition) is 1. The summed E-state index contributed by atoms with van der Waals surface area (Å²) in [5.41, 5.74) is 1.66. The van der Waals surface area contributed by atoms with E-state index in [1.165, 1.54) is 0 Å². The summed E-state index contributed by atoms with van der Waals surface area (Å²) < 4.78 is 31.9. The van der Waals surface area contributed by atoms with E-state index in [2.05, 4.69) is 0 Å². The Labute approximate surface area is 88.1 Å². The number of benzene rings is 1. The third-order valence-corrected chi connectivity index (χ3v) is 2.90. The van der Waals surface area contributed by atoms with Crippen molar-refractivity contribution < 1.29 is 13.5 Å². The highest BCUT2D eigenvalue weighted by Crippen LogP contribution is 2.34. The summed E-state index contributed by atoms with van der Waals surface area (Å²) in [6.07, 6.45) is 1.71. The van der Waals surface area contributed by atoms with Crippen LogP contribution >= 0.6 is 0 Å². The number of ether oxygens (including phenoxy) is 1. The van der Waals surface area contributed by atoms with Gasteiger partial charge in [-0.15, -0.1) is 0 Å². The normalized spacial score (nSPS) is 19.6. The average Bonchev–Trinajstić information content (AvgIpc) is 2.20. The number of alkyl halides is 1. The Morgan fingerprint density at radius 2 is 2.27 bits per heavy atom. The van der Waals surface area contributed by atoms with E-state index in [1.807, 2.05) is 13.0 Å². The van der Waals surface area contributed by atoms with Crippen molar-refractivity contribution in [3.8, 4) is 5.75 Å². The van der Waals surface area contributed by atoms with Crippen LogP contribution in [0.2, 0.25) is 0 Å². The van der Waals surface area contributed by atoms with Crippen LogP contribution in [-0.2, 0) is 13.1 Å². The van der Waals surface area contributed by atoms with E-state index in [0.717, 1.165) is 18.4 Å². The number of halogens is 2. The van der Waals surface area contributed by atoms with Gasteiger partial charge in [-0.3, -0.25) is 0 Å². The van der Waals surface area contributed by atoms with Gasteiger partial charge < -0.3 is 4.74 Å². The molecule has 0 saturated heterocycles. The lowest BCUT2D eigenvalue weighted by molar-refractivity contribution is 0.182. The lowest BCUT2D eigenvalue weighted by Gasteiger charge is -2.25. The average molecular weight is 212 g/mol. The first-order valence-electron chi connectivity index (χ1n) is 5.17. The van der Waals surface area contributed by atoms with Crippen LogP contribution < -0.4 is 4.74 Å². The van der Waals surface area contributed by atoms with E-state index >= 15 is 0 Å². The molecular weight excluding hydrogens is 198 g/mol. The monoisotopic (exact) mass is 212 g/mol. The summed E-state index contributed by atoms with van der Waals surface area (Å²) in [5.74, 6) is -0.258. The van der Waals surface area contributed by atoms with Gasteiger partial charge in [0.2, 0.25) is 0 Å². The Morgan fingerprint density at radius 1 is 1.53 bits per heavy atom. The van der Waals surface area contributed by atoms with Gasteiger partial charge in [-0.2, -0.15) is 0 Å². The van der Waals surface area contributed by atoms with Crippen LogP contribution in [0.1, 0.15) is 30.0 Å². The number of fused-ring (bicyclic) bond motifs is 1. The Bertz CT molecular complexity index is 388. The summed E-state index contributed by atoms with van der Waals surface area (Å²) in [7, 11) is 0. The van der Waals surface area contributed by atoms with E-state index in [1.54, 1.807) is 6.92 Å². The molecule has 0 saturated carbocycles. The second-order valence-electron chi connectivity index (χ2n) is 4.08. The van der Waals surface area contributed by atoms with Crippen molar-refractivity contribution in [3.05, 3.63) is 28.6 Å². The number of rotatable bonds is 1. The molecule has 15 heavy (non-hydrogen) atoms. The zero-order valence-corrected chi connectivity index (χ0v) is 8.94. The maximum atomic E-state index is 13.8. The molecular formula is C12H14F2O. The SMILES string of the molecule is Cc1cc2c(c(F)c1CF)OC(C)CC2. The molecule has 1 unspecified atom stereocenters. The van der Waals surface area contributed by atoms with E-state index in [9.17, 15) is 8.78 Å². The maximum Gasteiger partial charge on any atom is 0.171 e. The standard InChI is InChI=1S/C12H14F2O/c1-7-5-9-4-3-8(2)15-12(9)11(14)10(7)6-13/h5,8H,3-4,6H2,1-2H3. The third kappa shape index (κ3) is 1.71. The van der Waals surface area contributed by atoms with Crippen molar-refractivity contribution in [1.82, 2.24) is 0 Å². The van der Waals surface area contributed by atoms with Crippen LogP contribution in [0.4, 0.5) is 8.78 Å². The molecule has 0 bridgehead atoms. The van der Waals surface area contributed by atoms with Gasteiger partial charge in [0.1, 0.15) is 6.67 Å². The molecule has 0 spiro atoms. The van der Waals surface area contributed by atoms with Gasteiger partial charge in [-0.25, -0.2) is 8.78 Å². The predicted molar refractivity (Wildman–Crippen MR) is 54.4 cm³/mol. The summed E-state index contributed by atoms with van der Waals surface area (Å²) in [4.78, 5) is 0. The fourth-order valence-corrected chi connectivity index (χ4v) is 1.96. The highest BCUT2D eigenvalue weighted by Gasteiger charge is 2.23. The van der Waals surface area contributed by atoms with E-state index in [-0.39, 0.29) is 17.4 Å². The molecule has 0 amide bonds. The summed E-state index contributed by atoms with van der Waals surface area (Å²) in [6.45, 7) is 2.86. The molecule has 1 aromatic carbocycles. The van der Waals surface area contributed by atoms with Crippen molar-refractivity contribution in [2.45, 2.75) is 39.5 Å². The smallest absolute Gasteiger partial charge is 0.171 e. The lowest BCUT2D eigenvalue weighted by Crippen LogP contribution is -2.20. The van der Waals surface area contributed by atoms with Crippen molar-refractivity contribution in [2.75, 3.05) is 0 Å². The van der Waals surface area contributed by atoms with Crippen LogP contribution in [0.5, 0.6) is 5.75 Å². The topological polar surface area (TPSA) is 9.23 Å². The molecule has 0 N–H and O–H groups in total. The fraction of sp³-hybridized carbons (Fsp3) is 0.500. The number of aryl methyl sites for hydroxylation is 2. The zero-order chi connectivity index (χ0) is 11.0. The van der Waals surface area contributed by atoms with Crippen LogP contribution in [0.3, 0.4) is 0 Å². The van der Waals surface area contributed by atoms with Crippen LogP contribution in [0, 0.1) is 12.7 Å². The van der Waals surface area contributed by atoms with Crippen LogP contribution in [0.25, 0.3) is 0 Å². The molecule has 1 nitrogen and oxygen atoms in total. The second kappa shape index (κ2) is 3.80. The summed E-state index contributed by atoms with van der Waals surface area (Å²) in [5, 5.41) is 0. The molecule has 0 fully saturated rings. The Morgan fingerprint density at radius 3 is 2.93 bits per heavy atom. The lowest BCUT2D eigenvalue weighted by atomic mass is 9.97. The highest BCUT2D eigenvalue weighted by atomic mass is 19.1. The van der Waals surface area contributed by atoms with Gasteiger partial charge in [0.25, 0.3) is 0 Å². The van der Waals surface area contributed by atoms with Crippen molar-refractivity contribution >= 4 is 0 Å². The van der Waals surface area contributed by atoms with Gasteiger partial charge in [-0.1, -0.05) is 6.07 Å². The molecule has 1 aliphatic heterocycles. The first kappa shape index (κ1) is 10.4. The molecule has 1 atom stereocenters. The Hall–Kier alpha value is -1.12. The minimum Gasteiger partial charge on any atom is -0.487 e. The Balaban J connectivity index is 2.54. The molecule has 1 aromatic rings. The molecule has 3 heteroatoms. The van der Waals surface area contributed by atoms with Gasteiger partial charge in [0, 0.05) is 5.56 Å². The van der Waals surface area contributed by atoms with Crippen molar-refractivity contribution in [2.24, 2.45) is 0 Å². The molecule has 1 aliphatic rings. The Kier molecular flexibility index (Phi) is 2.63.